The smallest absolute Gasteiger partial charge is 0.0653 e. The lowest BCUT2D eigenvalue weighted by Crippen LogP contribution is -2.44. The van der Waals surface area contributed by atoms with Gasteiger partial charge >= 0.3 is 0 Å². The molecule has 1 aromatic carbocycles. The van der Waals surface area contributed by atoms with E-state index in [2.05, 4.69) is 34.5 Å². The van der Waals surface area contributed by atoms with Crippen molar-refractivity contribution in [2.75, 3.05) is 32.7 Å². The van der Waals surface area contributed by atoms with Crippen LogP contribution in [0.3, 0.4) is 0 Å². The van der Waals surface area contributed by atoms with Crippen LogP contribution in [0.15, 0.2) is 24.3 Å². The molecule has 0 aromatic heterocycles. The van der Waals surface area contributed by atoms with Gasteiger partial charge in [-0.05, 0) is 43.2 Å². The average molecular weight is 274 g/mol. The number of rotatable bonds is 6. The zero-order valence-corrected chi connectivity index (χ0v) is 12.3. The van der Waals surface area contributed by atoms with Crippen LogP contribution in [0.2, 0.25) is 0 Å². The van der Waals surface area contributed by atoms with Crippen molar-refractivity contribution in [3.05, 3.63) is 35.4 Å². The lowest BCUT2D eigenvalue weighted by Gasteiger charge is -2.27. The summed E-state index contributed by atoms with van der Waals surface area (Å²) in [4.78, 5) is 2.53. The van der Waals surface area contributed by atoms with Crippen molar-refractivity contribution in [2.24, 2.45) is 0 Å². The first kappa shape index (κ1) is 14.1. The summed E-state index contributed by atoms with van der Waals surface area (Å²) in [5, 5.41) is 13.3. The highest BCUT2D eigenvalue weighted by atomic mass is 16.3. The molecule has 3 heteroatoms. The van der Waals surface area contributed by atoms with E-state index in [4.69, 9.17) is 0 Å². The Labute approximate surface area is 122 Å². The molecule has 2 N–H and O–H groups in total. The van der Waals surface area contributed by atoms with Crippen molar-refractivity contribution in [3.63, 3.8) is 0 Å². The topological polar surface area (TPSA) is 35.5 Å². The van der Waals surface area contributed by atoms with Crippen molar-refractivity contribution in [1.29, 1.82) is 0 Å². The van der Waals surface area contributed by atoms with E-state index >= 15 is 0 Å². The summed E-state index contributed by atoms with van der Waals surface area (Å²) < 4.78 is 0. The van der Waals surface area contributed by atoms with Gasteiger partial charge in [0.25, 0.3) is 0 Å². The van der Waals surface area contributed by atoms with Crippen molar-refractivity contribution >= 4 is 0 Å². The van der Waals surface area contributed by atoms with Crippen LogP contribution in [0.4, 0.5) is 0 Å². The maximum Gasteiger partial charge on any atom is 0.0653 e. The average Bonchev–Trinajstić information content (AvgIpc) is 3.23. The normalized spacial score (nSPS) is 21.9. The van der Waals surface area contributed by atoms with Crippen molar-refractivity contribution in [2.45, 2.75) is 37.7 Å². The molecule has 3 rings (SSSR count). The Hall–Kier alpha value is -0.900. The van der Waals surface area contributed by atoms with E-state index in [-0.39, 0.29) is 5.60 Å². The SMILES string of the molecule is OC1(CCc2ccc(CCN3CCNCC3)cc2)CC1. The highest BCUT2D eigenvalue weighted by Gasteiger charge is 2.39. The van der Waals surface area contributed by atoms with Crippen LogP contribution in [-0.4, -0.2) is 48.3 Å². The molecule has 0 spiro atoms. The van der Waals surface area contributed by atoms with Gasteiger partial charge in [-0.2, -0.15) is 0 Å². The lowest BCUT2D eigenvalue weighted by atomic mass is 10.0. The minimum Gasteiger partial charge on any atom is -0.390 e. The van der Waals surface area contributed by atoms with Gasteiger partial charge in [-0.15, -0.1) is 0 Å². The summed E-state index contributed by atoms with van der Waals surface area (Å²) in [5.74, 6) is 0. The summed E-state index contributed by atoms with van der Waals surface area (Å²) >= 11 is 0. The molecule has 1 aromatic rings. The summed E-state index contributed by atoms with van der Waals surface area (Å²) in [5.41, 5.74) is 2.47. The number of benzene rings is 1. The highest BCUT2D eigenvalue weighted by Crippen LogP contribution is 2.39. The van der Waals surface area contributed by atoms with Gasteiger partial charge in [0.2, 0.25) is 0 Å². The number of hydrogen-bond acceptors (Lipinski definition) is 3. The number of piperazine rings is 1. The molecule has 3 nitrogen and oxygen atoms in total. The summed E-state index contributed by atoms with van der Waals surface area (Å²) in [6, 6.07) is 8.99. The molecule has 2 aliphatic rings. The van der Waals surface area contributed by atoms with Gasteiger partial charge in [0.05, 0.1) is 5.60 Å². The molecule has 0 bridgehead atoms. The first-order valence-corrected chi connectivity index (χ1v) is 7.97. The Morgan fingerprint density at radius 2 is 1.60 bits per heavy atom. The van der Waals surface area contributed by atoms with Crippen molar-refractivity contribution < 1.29 is 5.11 Å². The van der Waals surface area contributed by atoms with Crippen LogP contribution in [0.1, 0.15) is 30.4 Å². The fourth-order valence-corrected chi connectivity index (χ4v) is 2.87. The molecule has 1 heterocycles. The molecule has 1 saturated heterocycles. The van der Waals surface area contributed by atoms with Crippen molar-refractivity contribution in [3.8, 4) is 0 Å². The third-order valence-electron chi connectivity index (χ3n) is 4.66. The Morgan fingerprint density at radius 1 is 1.00 bits per heavy atom. The second kappa shape index (κ2) is 6.25. The standard InChI is InChI=1S/C17H26N2O/c20-17(8-9-17)7-5-15-1-3-16(4-2-15)6-12-19-13-10-18-11-14-19/h1-4,18,20H,5-14H2. The minimum absolute atomic E-state index is 0.318. The van der Waals surface area contributed by atoms with E-state index in [1.165, 1.54) is 30.8 Å². The van der Waals surface area contributed by atoms with Crippen LogP contribution in [0, 0.1) is 0 Å². The quantitative estimate of drug-likeness (QED) is 0.827. The van der Waals surface area contributed by atoms with Gasteiger partial charge < -0.3 is 15.3 Å². The molecular weight excluding hydrogens is 248 g/mol. The fourth-order valence-electron chi connectivity index (χ4n) is 2.87. The molecule has 0 unspecified atom stereocenters. The summed E-state index contributed by atoms with van der Waals surface area (Å²) in [6.07, 6.45) is 5.07. The third kappa shape index (κ3) is 4.05. The van der Waals surface area contributed by atoms with E-state index in [1.807, 2.05) is 0 Å². The molecule has 0 amide bonds. The molecule has 1 saturated carbocycles. The van der Waals surface area contributed by atoms with Gasteiger partial charge in [0.15, 0.2) is 0 Å². The predicted molar refractivity (Wildman–Crippen MR) is 82.0 cm³/mol. The van der Waals surface area contributed by atoms with E-state index < -0.39 is 0 Å². The van der Waals surface area contributed by atoms with Crippen LogP contribution in [-0.2, 0) is 12.8 Å². The zero-order chi connectivity index (χ0) is 13.8. The zero-order valence-electron chi connectivity index (χ0n) is 12.3. The van der Waals surface area contributed by atoms with E-state index in [9.17, 15) is 5.11 Å². The largest absolute Gasteiger partial charge is 0.390 e. The van der Waals surface area contributed by atoms with Crippen LogP contribution in [0.5, 0.6) is 0 Å². The monoisotopic (exact) mass is 274 g/mol. The number of aryl methyl sites for hydroxylation is 1. The van der Waals surface area contributed by atoms with Crippen LogP contribution < -0.4 is 5.32 Å². The maximum atomic E-state index is 9.86. The van der Waals surface area contributed by atoms with Crippen LogP contribution in [0.25, 0.3) is 0 Å². The number of hydrogen-bond donors (Lipinski definition) is 2. The highest BCUT2D eigenvalue weighted by molar-refractivity contribution is 5.23. The predicted octanol–water partition coefficient (Wildman–Crippen LogP) is 1.59. The van der Waals surface area contributed by atoms with Gasteiger partial charge in [-0.3, -0.25) is 0 Å². The molecular formula is C17H26N2O. The number of nitrogens with one attached hydrogen (secondary N) is 1. The molecule has 110 valence electrons. The first-order chi connectivity index (χ1) is 9.73. The molecule has 1 aliphatic heterocycles. The molecule has 0 radical (unpaired) electrons. The number of nitrogens with zero attached hydrogens (tertiary/aromatic N) is 1. The van der Waals surface area contributed by atoms with E-state index in [0.717, 1.165) is 45.2 Å². The van der Waals surface area contributed by atoms with Gasteiger partial charge in [-0.1, -0.05) is 24.3 Å². The molecule has 0 atom stereocenters. The third-order valence-corrected chi connectivity index (χ3v) is 4.66. The van der Waals surface area contributed by atoms with Gasteiger partial charge in [0, 0.05) is 32.7 Å². The van der Waals surface area contributed by atoms with E-state index in [1.54, 1.807) is 0 Å². The van der Waals surface area contributed by atoms with Crippen molar-refractivity contribution in [1.82, 2.24) is 10.2 Å². The van der Waals surface area contributed by atoms with E-state index in [0.29, 0.717) is 0 Å². The molecule has 2 fully saturated rings. The van der Waals surface area contributed by atoms with Gasteiger partial charge in [-0.25, -0.2) is 0 Å². The summed E-state index contributed by atoms with van der Waals surface area (Å²) in [7, 11) is 0. The molecule has 20 heavy (non-hydrogen) atoms. The fraction of sp³-hybridized carbons (Fsp3) is 0.647. The Kier molecular flexibility index (Phi) is 4.39. The Morgan fingerprint density at radius 3 is 2.20 bits per heavy atom. The lowest BCUT2D eigenvalue weighted by molar-refractivity contribution is 0.140. The van der Waals surface area contributed by atoms with Gasteiger partial charge in [0.1, 0.15) is 0 Å². The Balaban J connectivity index is 1.43. The second-order valence-corrected chi connectivity index (χ2v) is 6.38. The molecule has 1 aliphatic carbocycles. The summed E-state index contributed by atoms with van der Waals surface area (Å²) in [6.45, 7) is 5.78. The Bertz CT molecular complexity index is 419. The van der Waals surface area contributed by atoms with Crippen LogP contribution >= 0.6 is 0 Å². The first-order valence-electron chi connectivity index (χ1n) is 7.97. The number of aliphatic hydroxyl groups is 1. The minimum atomic E-state index is -0.318. The maximum absolute atomic E-state index is 9.86. The second-order valence-electron chi connectivity index (χ2n) is 6.38.